The minimum atomic E-state index is -3.27. The van der Waals surface area contributed by atoms with Gasteiger partial charge in [-0.05, 0) is 57.0 Å². The van der Waals surface area contributed by atoms with Crippen molar-refractivity contribution >= 4 is 9.84 Å². The van der Waals surface area contributed by atoms with E-state index in [1.165, 1.54) is 25.0 Å². The molecule has 0 spiro atoms. The van der Waals surface area contributed by atoms with E-state index in [4.69, 9.17) is 5.26 Å². The molecule has 1 aliphatic carbocycles. The van der Waals surface area contributed by atoms with Crippen LogP contribution in [0.15, 0.2) is 29.2 Å². The molecule has 0 aromatic heterocycles. The van der Waals surface area contributed by atoms with Gasteiger partial charge in [-0.25, -0.2) is 8.42 Å². The van der Waals surface area contributed by atoms with Crippen LogP contribution in [-0.4, -0.2) is 38.7 Å². The fourth-order valence-electron chi connectivity index (χ4n) is 2.26. The zero-order valence-corrected chi connectivity index (χ0v) is 12.7. The predicted molar refractivity (Wildman–Crippen MR) is 78.0 cm³/mol. The number of rotatable bonds is 6. The van der Waals surface area contributed by atoms with Crippen LogP contribution in [0.25, 0.3) is 0 Å². The van der Waals surface area contributed by atoms with Gasteiger partial charge in [0.15, 0.2) is 9.84 Å². The summed E-state index contributed by atoms with van der Waals surface area (Å²) in [5.41, 5.74) is 0.475. The molecule has 1 unspecified atom stereocenters. The number of nitrogens with zero attached hydrogens (tertiary/aromatic N) is 2. The molecular formula is C15H20N2O2S. The number of sulfone groups is 1. The molecule has 1 aromatic carbocycles. The molecule has 0 saturated heterocycles. The lowest BCUT2D eigenvalue weighted by Crippen LogP contribution is -2.34. The molecule has 0 heterocycles. The zero-order valence-electron chi connectivity index (χ0n) is 11.9. The fraction of sp³-hybridized carbons (Fsp3) is 0.533. The number of nitriles is 1. The van der Waals surface area contributed by atoms with Crippen LogP contribution in [0.5, 0.6) is 0 Å². The highest BCUT2D eigenvalue weighted by atomic mass is 32.2. The maximum Gasteiger partial charge on any atom is 0.179 e. The Morgan fingerprint density at radius 2 is 1.95 bits per heavy atom. The van der Waals surface area contributed by atoms with Gasteiger partial charge in [0.25, 0.3) is 0 Å². The first-order chi connectivity index (χ1) is 9.44. The molecule has 1 aromatic rings. The Bertz CT molecular complexity index is 598. The summed E-state index contributed by atoms with van der Waals surface area (Å²) in [4.78, 5) is 2.42. The lowest BCUT2D eigenvalue weighted by molar-refractivity contribution is 0.247. The van der Waals surface area contributed by atoms with Crippen LogP contribution in [0.4, 0.5) is 0 Å². The summed E-state index contributed by atoms with van der Waals surface area (Å²) < 4.78 is 24.5. The molecule has 2 rings (SSSR count). The molecule has 0 aliphatic heterocycles. The topological polar surface area (TPSA) is 61.2 Å². The first-order valence-corrected chi connectivity index (χ1v) is 8.52. The van der Waals surface area contributed by atoms with Gasteiger partial charge in [-0.2, -0.15) is 5.26 Å². The highest BCUT2D eigenvalue weighted by Gasteiger charge is 2.30. The van der Waals surface area contributed by atoms with Crippen LogP contribution in [-0.2, 0) is 9.84 Å². The second kappa shape index (κ2) is 5.94. The van der Waals surface area contributed by atoms with Crippen LogP contribution >= 0.6 is 0 Å². The SMILES string of the molecule is CC(C1CC1)N(C)CCS(=O)(=O)c1ccc(C#N)cc1. The monoisotopic (exact) mass is 292 g/mol. The molecular weight excluding hydrogens is 272 g/mol. The molecule has 0 bridgehead atoms. The molecule has 108 valence electrons. The van der Waals surface area contributed by atoms with E-state index >= 15 is 0 Å². The Morgan fingerprint density at radius 3 is 2.45 bits per heavy atom. The summed E-state index contributed by atoms with van der Waals surface area (Å²) >= 11 is 0. The van der Waals surface area contributed by atoms with E-state index in [2.05, 4.69) is 11.8 Å². The van der Waals surface area contributed by atoms with E-state index in [0.717, 1.165) is 5.92 Å². The van der Waals surface area contributed by atoms with Gasteiger partial charge in [-0.15, -0.1) is 0 Å². The van der Waals surface area contributed by atoms with Crippen molar-refractivity contribution in [2.24, 2.45) is 5.92 Å². The Hall–Kier alpha value is -1.38. The van der Waals surface area contributed by atoms with Crippen LogP contribution < -0.4 is 0 Å². The number of benzene rings is 1. The average molecular weight is 292 g/mol. The summed E-state index contributed by atoms with van der Waals surface area (Å²) in [6.45, 7) is 2.70. The third-order valence-electron chi connectivity index (χ3n) is 4.05. The maximum atomic E-state index is 12.2. The van der Waals surface area contributed by atoms with E-state index in [1.54, 1.807) is 12.1 Å². The Kier molecular flexibility index (Phi) is 4.46. The van der Waals surface area contributed by atoms with Crippen molar-refractivity contribution in [1.29, 1.82) is 5.26 Å². The van der Waals surface area contributed by atoms with E-state index < -0.39 is 9.84 Å². The smallest absolute Gasteiger partial charge is 0.179 e. The first kappa shape index (κ1) is 15.0. The summed E-state index contributed by atoms with van der Waals surface area (Å²) in [5, 5.41) is 8.72. The minimum Gasteiger partial charge on any atom is -0.302 e. The van der Waals surface area contributed by atoms with E-state index in [9.17, 15) is 8.42 Å². The second-order valence-corrected chi connectivity index (χ2v) is 7.62. The average Bonchev–Trinajstić information content (AvgIpc) is 3.28. The molecule has 0 N–H and O–H groups in total. The van der Waals surface area contributed by atoms with Crippen molar-refractivity contribution in [3.63, 3.8) is 0 Å². The minimum absolute atomic E-state index is 0.118. The Morgan fingerprint density at radius 1 is 1.35 bits per heavy atom. The van der Waals surface area contributed by atoms with Crippen molar-refractivity contribution < 1.29 is 8.42 Å². The third kappa shape index (κ3) is 3.59. The van der Waals surface area contributed by atoms with Crippen molar-refractivity contribution in [3.8, 4) is 6.07 Å². The highest BCUT2D eigenvalue weighted by molar-refractivity contribution is 7.91. The molecule has 1 atom stereocenters. The van der Waals surface area contributed by atoms with Gasteiger partial charge < -0.3 is 4.90 Å². The largest absolute Gasteiger partial charge is 0.302 e. The molecule has 0 radical (unpaired) electrons. The lowest BCUT2D eigenvalue weighted by atomic mass is 10.2. The quantitative estimate of drug-likeness (QED) is 0.805. The maximum absolute atomic E-state index is 12.2. The summed E-state index contributed by atoms with van der Waals surface area (Å²) in [6.07, 6.45) is 2.52. The standard InChI is InChI=1S/C15H20N2O2S/c1-12(14-5-6-14)17(2)9-10-20(18,19)15-7-3-13(11-16)4-8-15/h3-4,7-8,12,14H,5-6,9-10H2,1-2H3. The van der Waals surface area contributed by atoms with E-state index in [-0.39, 0.29) is 5.75 Å². The van der Waals surface area contributed by atoms with Crippen LogP contribution in [0.3, 0.4) is 0 Å². The normalized spacial score (nSPS) is 16.9. The lowest BCUT2D eigenvalue weighted by Gasteiger charge is -2.24. The first-order valence-electron chi connectivity index (χ1n) is 6.87. The summed E-state index contributed by atoms with van der Waals surface area (Å²) in [7, 11) is -1.29. The molecule has 1 fully saturated rings. The predicted octanol–water partition coefficient (Wildman–Crippen LogP) is 2.06. The van der Waals surface area contributed by atoms with Crippen molar-refractivity contribution in [2.45, 2.75) is 30.7 Å². The van der Waals surface area contributed by atoms with Crippen LogP contribution in [0, 0.1) is 17.2 Å². The van der Waals surface area contributed by atoms with Crippen LogP contribution in [0.2, 0.25) is 0 Å². The number of hydrogen-bond donors (Lipinski definition) is 0. The Balaban J connectivity index is 1.97. The zero-order chi connectivity index (χ0) is 14.8. The molecule has 4 nitrogen and oxygen atoms in total. The second-order valence-electron chi connectivity index (χ2n) is 5.51. The summed E-state index contributed by atoms with van der Waals surface area (Å²) in [5.74, 6) is 0.851. The number of hydrogen-bond acceptors (Lipinski definition) is 4. The van der Waals surface area contributed by atoms with E-state index in [1.807, 2.05) is 13.1 Å². The highest BCUT2D eigenvalue weighted by Crippen LogP contribution is 2.34. The van der Waals surface area contributed by atoms with Crippen molar-refractivity contribution in [1.82, 2.24) is 4.90 Å². The molecule has 20 heavy (non-hydrogen) atoms. The van der Waals surface area contributed by atoms with Gasteiger partial charge in [0, 0.05) is 12.6 Å². The third-order valence-corrected chi connectivity index (χ3v) is 5.77. The molecule has 1 aliphatic rings. The molecule has 5 heteroatoms. The van der Waals surface area contributed by atoms with Gasteiger partial charge >= 0.3 is 0 Å². The van der Waals surface area contributed by atoms with Crippen molar-refractivity contribution in [2.75, 3.05) is 19.3 Å². The van der Waals surface area contributed by atoms with Gasteiger partial charge in [0.1, 0.15) is 0 Å². The van der Waals surface area contributed by atoms with Crippen molar-refractivity contribution in [3.05, 3.63) is 29.8 Å². The van der Waals surface area contributed by atoms with Gasteiger partial charge in [-0.3, -0.25) is 0 Å². The van der Waals surface area contributed by atoms with Gasteiger partial charge in [0.05, 0.1) is 22.3 Å². The van der Waals surface area contributed by atoms with Gasteiger partial charge in [0.2, 0.25) is 0 Å². The Labute approximate surface area is 120 Å². The molecule has 1 saturated carbocycles. The summed E-state index contributed by atoms with van der Waals surface area (Å²) in [6, 6.07) is 8.55. The fourth-order valence-corrected chi connectivity index (χ4v) is 3.58. The van der Waals surface area contributed by atoms with Gasteiger partial charge in [-0.1, -0.05) is 0 Å². The van der Waals surface area contributed by atoms with Crippen LogP contribution in [0.1, 0.15) is 25.3 Å². The molecule has 0 amide bonds. The van der Waals surface area contributed by atoms with E-state index in [0.29, 0.717) is 23.0 Å².